The number of furan rings is 1. The number of anilines is 1. The average molecular weight is 340 g/mol. The summed E-state index contributed by atoms with van der Waals surface area (Å²) in [5, 5.41) is 2.33. The Balaban J connectivity index is 2.00. The average Bonchev–Trinajstić information content (AvgIpc) is 3.01. The Morgan fingerprint density at radius 2 is 1.92 bits per heavy atom. The number of hydrogen-bond donors (Lipinski definition) is 1. The highest BCUT2D eigenvalue weighted by atomic mass is 32.1. The van der Waals surface area contributed by atoms with E-state index in [0.717, 1.165) is 4.90 Å². The van der Waals surface area contributed by atoms with Gasteiger partial charge >= 0.3 is 0 Å². The molecule has 118 valence electrons. The van der Waals surface area contributed by atoms with Crippen molar-refractivity contribution in [2.24, 2.45) is 0 Å². The quantitative estimate of drug-likeness (QED) is 0.394. The maximum Gasteiger partial charge on any atom is 0.270 e. The second-order valence-electron chi connectivity index (χ2n) is 4.78. The van der Waals surface area contributed by atoms with Gasteiger partial charge in [0.2, 0.25) is 0 Å². The smallest absolute Gasteiger partial charge is 0.270 e. The molecule has 1 aromatic carbocycles. The van der Waals surface area contributed by atoms with Crippen LogP contribution in [0.2, 0.25) is 0 Å². The zero-order valence-electron chi connectivity index (χ0n) is 12.1. The Labute approximate surface area is 141 Å². The number of carbonyl (C=O) groups excluding carboxylic acids is 2. The predicted molar refractivity (Wildman–Crippen MR) is 89.2 cm³/mol. The van der Waals surface area contributed by atoms with Crippen molar-refractivity contribution in [3.63, 3.8) is 0 Å². The molecule has 1 N–H and O–H groups in total. The lowest BCUT2D eigenvalue weighted by molar-refractivity contribution is -0.122. The Bertz CT molecular complexity index is 922. The summed E-state index contributed by atoms with van der Waals surface area (Å²) in [6.07, 6.45) is 6.49. The molecule has 0 unspecified atom stereocenters. The fourth-order valence-corrected chi connectivity index (χ4v) is 2.41. The van der Waals surface area contributed by atoms with E-state index in [1.807, 2.05) is 0 Å². The van der Waals surface area contributed by atoms with Gasteiger partial charge in [-0.25, -0.2) is 4.39 Å². The van der Waals surface area contributed by atoms with Crippen molar-refractivity contribution in [3.05, 3.63) is 59.3 Å². The summed E-state index contributed by atoms with van der Waals surface area (Å²) in [5.41, 5.74) is 0.159. The summed E-state index contributed by atoms with van der Waals surface area (Å²) in [7, 11) is 0. The molecule has 2 amide bonds. The number of terminal acetylenes is 1. The van der Waals surface area contributed by atoms with Gasteiger partial charge in [-0.05, 0) is 60.6 Å². The van der Waals surface area contributed by atoms with Crippen molar-refractivity contribution >= 4 is 40.9 Å². The molecule has 1 aliphatic heterocycles. The second-order valence-corrected chi connectivity index (χ2v) is 5.17. The third kappa shape index (κ3) is 2.83. The van der Waals surface area contributed by atoms with Crippen LogP contribution in [0.3, 0.4) is 0 Å². The number of nitrogens with one attached hydrogen (secondary N) is 1. The molecule has 24 heavy (non-hydrogen) atoms. The highest BCUT2D eigenvalue weighted by Crippen LogP contribution is 2.22. The first kappa shape index (κ1) is 15.6. The van der Waals surface area contributed by atoms with Gasteiger partial charge in [-0.15, -0.1) is 6.42 Å². The van der Waals surface area contributed by atoms with Crippen molar-refractivity contribution in [2.75, 3.05) is 4.90 Å². The van der Waals surface area contributed by atoms with E-state index in [0.29, 0.717) is 5.69 Å². The van der Waals surface area contributed by atoms with E-state index in [1.165, 1.54) is 36.4 Å². The predicted octanol–water partition coefficient (Wildman–Crippen LogP) is 2.23. The minimum Gasteiger partial charge on any atom is -0.448 e. The van der Waals surface area contributed by atoms with Crippen LogP contribution in [-0.2, 0) is 9.59 Å². The van der Waals surface area contributed by atoms with Gasteiger partial charge in [-0.1, -0.05) is 0 Å². The van der Waals surface area contributed by atoms with Crippen LogP contribution in [-0.4, -0.2) is 16.9 Å². The number of benzene rings is 1. The molecule has 0 aliphatic carbocycles. The summed E-state index contributed by atoms with van der Waals surface area (Å²) in [4.78, 5) is 25.8. The summed E-state index contributed by atoms with van der Waals surface area (Å²) >= 11 is 5.04. The van der Waals surface area contributed by atoms with E-state index >= 15 is 0 Å². The van der Waals surface area contributed by atoms with E-state index in [-0.39, 0.29) is 22.2 Å². The fourth-order valence-electron chi connectivity index (χ4n) is 2.13. The highest BCUT2D eigenvalue weighted by Gasteiger charge is 2.34. The Morgan fingerprint density at radius 1 is 1.21 bits per heavy atom. The molecule has 1 saturated heterocycles. The molecule has 0 bridgehead atoms. The number of nitrogens with zero attached hydrogens (tertiary/aromatic N) is 1. The summed E-state index contributed by atoms with van der Waals surface area (Å²) in [6, 6.07) is 8.24. The summed E-state index contributed by atoms with van der Waals surface area (Å²) in [6.45, 7) is 0. The van der Waals surface area contributed by atoms with Crippen molar-refractivity contribution in [1.29, 1.82) is 0 Å². The van der Waals surface area contributed by atoms with Crippen LogP contribution < -0.4 is 10.2 Å². The van der Waals surface area contributed by atoms with E-state index in [9.17, 15) is 14.0 Å². The van der Waals surface area contributed by atoms with Gasteiger partial charge in [-0.2, -0.15) is 0 Å². The number of halogens is 1. The van der Waals surface area contributed by atoms with Crippen LogP contribution in [0.1, 0.15) is 11.5 Å². The van der Waals surface area contributed by atoms with Crippen molar-refractivity contribution < 1.29 is 18.4 Å². The summed E-state index contributed by atoms with van der Waals surface area (Å²) in [5.74, 6) is 1.09. The van der Waals surface area contributed by atoms with Gasteiger partial charge < -0.3 is 4.42 Å². The standard InChI is InChI=1S/C17H9FN2O3S/c1-2-12-7-8-13(23-12)9-14-15(21)19-17(24)20(16(14)22)11-5-3-10(18)4-6-11/h1,3-9H,(H,19,21,24)/b14-9+. The Kier molecular flexibility index (Phi) is 3.98. The molecule has 5 nitrogen and oxygen atoms in total. The van der Waals surface area contributed by atoms with Gasteiger partial charge in [0.05, 0.1) is 5.69 Å². The van der Waals surface area contributed by atoms with Crippen LogP contribution >= 0.6 is 12.2 Å². The Morgan fingerprint density at radius 3 is 2.54 bits per heavy atom. The zero-order chi connectivity index (χ0) is 17.3. The first-order valence-corrected chi connectivity index (χ1v) is 7.14. The van der Waals surface area contributed by atoms with Gasteiger partial charge in [0.15, 0.2) is 10.9 Å². The molecule has 0 saturated carbocycles. The van der Waals surface area contributed by atoms with Crippen LogP contribution in [0.5, 0.6) is 0 Å². The molecule has 0 spiro atoms. The molecule has 3 rings (SSSR count). The Hall–Kier alpha value is -3.24. The van der Waals surface area contributed by atoms with Crippen LogP contribution in [0, 0.1) is 18.2 Å². The molecule has 1 aliphatic rings. The van der Waals surface area contributed by atoms with Crippen molar-refractivity contribution in [1.82, 2.24) is 5.32 Å². The zero-order valence-corrected chi connectivity index (χ0v) is 12.9. The molecule has 1 aromatic heterocycles. The molecule has 2 aromatic rings. The lowest BCUT2D eigenvalue weighted by Gasteiger charge is -2.28. The molecule has 2 heterocycles. The molecular formula is C17H9FN2O3S. The monoisotopic (exact) mass is 340 g/mol. The lowest BCUT2D eigenvalue weighted by atomic mass is 10.1. The number of thiocarbonyl (C=S) groups is 1. The normalized spacial score (nSPS) is 16.2. The molecule has 7 heteroatoms. The van der Waals surface area contributed by atoms with Crippen LogP contribution in [0.15, 0.2) is 46.4 Å². The second kappa shape index (κ2) is 6.10. The van der Waals surface area contributed by atoms with E-state index in [2.05, 4.69) is 11.2 Å². The first-order valence-electron chi connectivity index (χ1n) is 6.73. The molecule has 0 atom stereocenters. The topological polar surface area (TPSA) is 62.6 Å². The number of amides is 2. The number of carbonyl (C=O) groups is 2. The fraction of sp³-hybridized carbons (Fsp3) is 0. The SMILES string of the molecule is C#Cc1ccc(/C=C2\C(=O)NC(=S)N(c3ccc(F)cc3)C2=O)o1. The summed E-state index contributed by atoms with van der Waals surface area (Å²) < 4.78 is 18.3. The van der Waals surface area contributed by atoms with Crippen LogP contribution in [0.25, 0.3) is 6.08 Å². The molecular weight excluding hydrogens is 331 g/mol. The molecule has 1 fully saturated rings. The number of rotatable bonds is 2. The number of hydrogen-bond acceptors (Lipinski definition) is 4. The van der Waals surface area contributed by atoms with Crippen molar-refractivity contribution in [2.45, 2.75) is 0 Å². The molecule has 0 radical (unpaired) electrons. The maximum absolute atomic E-state index is 13.1. The van der Waals surface area contributed by atoms with Gasteiger partial charge in [0, 0.05) is 0 Å². The largest absolute Gasteiger partial charge is 0.448 e. The van der Waals surface area contributed by atoms with Crippen LogP contribution in [0.4, 0.5) is 10.1 Å². The van der Waals surface area contributed by atoms with Gasteiger partial charge in [-0.3, -0.25) is 19.8 Å². The van der Waals surface area contributed by atoms with E-state index in [4.69, 9.17) is 23.1 Å². The highest BCUT2D eigenvalue weighted by molar-refractivity contribution is 7.80. The third-order valence-corrected chi connectivity index (χ3v) is 3.53. The van der Waals surface area contributed by atoms with E-state index < -0.39 is 17.6 Å². The first-order chi connectivity index (χ1) is 11.5. The third-order valence-electron chi connectivity index (χ3n) is 3.24. The van der Waals surface area contributed by atoms with Crippen molar-refractivity contribution in [3.8, 4) is 12.3 Å². The van der Waals surface area contributed by atoms with Gasteiger partial charge in [0.25, 0.3) is 11.8 Å². The lowest BCUT2D eigenvalue weighted by Crippen LogP contribution is -2.54. The maximum atomic E-state index is 13.1. The minimum absolute atomic E-state index is 0.0856. The van der Waals surface area contributed by atoms with Gasteiger partial charge in [0.1, 0.15) is 17.2 Å². The minimum atomic E-state index is -0.651. The van der Waals surface area contributed by atoms with E-state index in [1.54, 1.807) is 6.07 Å².